The molecule has 2 N–H and O–H groups in total. The molecule has 0 spiro atoms. The topological polar surface area (TPSA) is 26.0 Å². The number of anilines is 1. The summed E-state index contributed by atoms with van der Waals surface area (Å²) in [5.41, 5.74) is 5.38. The molecule has 0 amide bonds. The van der Waals surface area contributed by atoms with Crippen molar-refractivity contribution in [2.75, 3.05) is 5.73 Å². The second-order valence-corrected chi connectivity index (χ2v) is 1.96. The first-order valence-corrected chi connectivity index (χ1v) is 2.87. The van der Waals surface area contributed by atoms with Crippen LogP contribution in [0.1, 0.15) is 34.8 Å². The molecule has 10 heavy (non-hydrogen) atoms. The predicted octanol–water partition coefficient (Wildman–Crippen LogP) is 2.39. The van der Waals surface area contributed by atoms with Gasteiger partial charge in [0.05, 0.1) is 0 Å². The Hall–Kier alpha value is -0.980. The molecule has 0 fully saturated rings. The summed E-state index contributed by atoms with van der Waals surface area (Å²) in [6, 6.07) is 5.67. The summed E-state index contributed by atoms with van der Waals surface area (Å²) in [6.45, 7) is -5.98. The Morgan fingerprint density at radius 1 is 1.50 bits per heavy atom. The number of hydrogen-bond donors (Lipinski definition) is 1. The van der Waals surface area contributed by atoms with Crippen LogP contribution in [0.25, 0.3) is 0 Å². The monoisotopic (exact) mass is 142 g/mol. The summed E-state index contributed by atoms with van der Waals surface area (Å²) in [7, 11) is 0. The standard InChI is InChI=1S/C9H13N/c1-7(2)8-5-3-4-6-9(8)10/h3-7H,10H2,1-2H3/i1D3,2D3,7D. The molecule has 1 aromatic carbocycles. The maximum atomic E-state index is 7.90. The van der Waals surface area contributed by atoms with Crippen LogP contribution < -0.4 is 5.73 Å². The van der Waals surface area contributed by atoms with Crippen molar-refractivity contribution in [2.24, 2.45) is 0 Å². The Kier molecular flexibility index (Phi) is 0.618. The summed E-state index contributed by atoms with van der Waals surface area (Å²) in [5.74, 6) is -2.72. The van der Waals surface area contributed by atoms with Gasteiger partial charge in [-0.05, 0) is 17.5 Å². The fourth-order valence-corrected chi connectivity index (χ4v) is 0.725. The summed E-state index contributed by atoms with van der Waals surface area (Å²) in [6.07, 6.45) is 0. The molecule has 1 heteroatoms. The maximum Gasteiger partial charge on any atom is 0.0349 e. The zero-order valence-corrected chi connectivity index (χ0v) is 5.39. The van der Waals surface area contributed by atoms with Crippen molar-refractivity contribution in [3.05, 3.63) is 29.8 Å². The van der Waals surface area contributed by atoms with E-state index in [9.17, 15) is 0 Å². The maximum absolute atomic E-state index is 7.90. The van der Waals surface area contributed by atoms with Gasteiger partial charge in [-0.1, -0.05) is 31.9 Å². The normalized spacial score (nSPS) is 24.2. The minimum Gasteiger partial charge on any atom is -0.398 e. The zero-order valence-electron chi connectivity index (χ0n) is 12.4. The van der Waals surface area contributed by atoms with E-state index in [1.165, 1.54) is 18.2 Å². The van der Waals surface area contributed by atoms with Crippen molar-refractivity contribution in [3.8, 4) is 0 Å². The fourth-order valence-electron chi connectivity index (χ4n) is 0.725. The van der Waals surface area contributed by atoms with Crippen LogP contribution in [0.15, 0.2) is 24.3 Å². The highest BCUT2D eigenvalue weighted by Crippen LogP contribution is 2.19. The Bertz CT molecular complexity index is 393. The molecule has 1 aromatic rings. The molecule has 0 saturated heterocycles. The smallest absolute Gasteiger partial charge is 0.0349 e. The highest BCUT2D eigenvalue weighted by molar-refractivity contribution is 5.47. The van der Waals surface area contributed by atoms with Crippen LogP contribution in [0.2, 0.25) is 0 Å². The zero-order chi connectivity index (χ0) is 13.5. The number of rotatable bonds is 1. The highest BCUT2D eigenvalue weighted by atomic mass is 14.6. The van der Waals surface area contributed by atoms with Crippen molar-refractivity contribution >= 4 is 5.69 Å². The first-order valence-electron chi connectivity index (χ1n) is 6.37. The molecule has 54 valence electrons. The summed E-state index contributed by atoms with van der Waals surface area (Å²) in [4.78, 5) is 0. The van der Waals surface area contributed by atoms with Crippen LogP contribution in [-0.2, 0) is 0 Å². The predicted molar refractivity (Wildman–Crippen MR) is 44.9 cm³/mol. The van der Waals surface area contributed by atoms with Crippen molar-refractivity contribution in [1.29, 1.82) is 0 Å². The molecule has 0 unspecified atom stereocenters. The average molecular weight is 142 g/mol. The Labute approximate surface area is 71.7 Å². The lowest BCUT2D eigenvalue weighted by molar-refractivity contribution is 0.870. The van der Waals surface area contributed by atoms with Crippen molar-refractivity contribution in [3.63, 3.8) is 0 Å². The second-order valence-electron chi connectivity index (χ2n) is 1.96. The highest BCUT2D eigenvalue weighted by Gasteiger charge is 2.00. The minimum absolute atomic E-state index is 0.00486. The van der Waals surface area contributed by atoms with E-state index in [2.05, 4.69) is 0 Å². The van der Waals surface area contributed by atoms with Gasteiger partial charge in [0.25, 0.3) is 0 Å². The van der Waals surface area contributed by atoms with Gasteiger partial charge in [-0.25, -0.2) is 0 Å². The largest absolute Gasteiger partial charge is 0.398 e. The Morgan fingerprint density at radius 3 is 2.80 bits per heavy atom. The van der Waals surface area contributed by atoms with Crippen molar-refractivity contribution in [1.82, 2.24) is 0 Å². The van der Waals surface area contributed by atoms with Gasteiger partial charge >= 0.3 is 0 Å². The fraction of sp³-hybridized carbons (Fsp3) is 0.333. The van der Waals surface area contributed by atoms with Gasteiger partial charge in [-0.3, -0.25) is 0 Å². The summed E-state index contributed by atoms with van der Waals surface area (Å²) >= 11 is 0. The average Bonchev–Trinajstić information content (AvgIpc) is 2.13. The van der Waals surface area contributed by atoms with Crippen molar-refractivity contribution in [2.45, 2.75) is 19.6 Å². The minimum atomic E-state index is -2.99. The number of para-hydroxylation sites is 1. The molecule has 0 aliphatic rings. The van der Waals surface area contributed by atoms with E-state index in [-0.39, 0.29) is 11.3 Å². The lowest BCUT2D eigenvalue weighted by Crippen LogP contribution is -1.94. The van der Waals surface area contributed by atoms with Crippen LogP contribution in [0.4, 0.5) is 5.69 Å². The van der Waals surface area contributed by atoms with E-state index in [0.717, 1.165) is 0 Å². The van der Waals surface area contributed by atoms with Crippen LogP contribution in [-0.4, -0.2) is 0 Å². The molecule has 1 rings (SSSR count). The van der Waals surface area contributed by atoms with Gasteiger partial charge in [-0.15, -0.1) is 0 Å². The van der Waals surface area contributed by atoms with E-state index >= 15 is 0 Å². The molecular weight excluding hydrogens is 122 g/mol. The van der Waals surface area contributed by atoms with Gasteiger partial charge in [0, 0.05) is 15.3 Å². The van der Waals surface area contributed by atoms with E-state index in [1.54, 1.807) is 6.07 Å². The van der Waals surface area contributed by atoms with E-state index < -0.39 is 19.6 Å². The lowest BCUT2D eigenvalue weighted by atomic mass is 10.0. The molecule has 0 radical (unpaired) electrons. The summed E-state index contributed by atoms with van der Waals surface area (Å²) < 4.78 is 51.7. The second kappa shape index (κ2) is 2.74. The molecule has 0 atom stereocenters. The van der Waals surface area contributed by atoms with Gasteiger partial charge in [-0.2, -0.15) is 0 Å². The van der Waals surface area contributed by atoms with E-state index in [1.807, 2.05) is 0 Å². The van der Waals surface area contributed by atoms with Crippen LogP contribution >= 0.6 is 0 Å². The Balaban J connectivity index is 3.53. The van der Waals surface area contributed by atoms with Crippen LogP contribution in [0, 0.1) is 0 Å². The first-order chi connectivity index (χ1) is 7.52. The van der Waals surface area contributed by atoms with Crippen molar-refractivity contribution < 1.29 is 9.60 Å². The van der Waals surface area contributed by atoms with E-state index in [4.69, 9.17) is 15.3 Å². The number of hydrogen-bond acceptors (Lipinski definition) is 1. The van der Waals surface area contributed by atoms with Crippen LogP contribution in [0.3, 0.4) is 0 Å². The number of nitrogen functional groups attached to an aromatic ring is 1. The van der Waals surface area contributed by atoms with Gasteiger partial charge in [0.2, 0.25) is 0 Å². The summed E-state index contributed by atoms with van der Waals surface area (Å²) in [5, 5.41) is 0. The molecular formula is C9H13N. The molecule has 0 aromatic heterocycles. The van der Waals surface area contributed by atoms with Gasteiger partial charge in [0.1, 0.15) is 0 Å². The van der Waals surface area contributed by atoms with Gasteiger partial charge in [0.15, 0.2) is 0 Å². The van der Waals surface area contributed by atoms with Gasteiger partial charge < -0.3 is 5.73 Å². The third kappa shape index (κ3) is 1.29. The third-order valence-corrected chi connectivity index (χ3v) is 1.23. The molecule has 0 aliphatic heterocycles. The number of benzene rings is 1. The molecule has 0 aliphatic carbocycles. The molecule has 1 nitrogen and oxygen atoms in total. The molecule has 0 saturated carbocycles. The van der Waals surface area contributed by atoms with Crippen LogP contribution in [0.5, 0.6) is 0 Å². The number of nitrogens with two attached hydrogens (primary N) is 1. The van der Waals surface area contributed by atoms with E-state index in [0.29, 0.717) is 0 Å². The lowest BCUT2D eigenvalue weighted by Gasteiger charge is -2.07. The molecule has 0 heterocycles. The Morgan fingerprint density at radius 2 is 2.20 bits per heavy atom. The third-order valence-electron chi connectivity index (χ3n) is 1.23. The quantitative estimate of drug-likeness (QED) is 0.599. The molecule has 0 bridgehead atoms. The first kappa shape index (κ1) is 2.26. The SMILES string of the molecule is [2H]C([2H])([2H])C([2H])(c1ccccc1N)C([2H])([2H])[2H].